The molecule has 0 spiro atoms. The average molecular weight is 516 g/mol. The Morgan fingerprint density at radius 2 is 2.03 bits per heavy atom. The van der Waals surface area contributed by atoms with Gasteiger partial charge in [-0.2, -0.15) is 0 Å². The third kappa shape index (κ3) is 5.37. The quantitative estimate of drug-likeness (QED) is 0.360. The van der Waals surface area contributed by atoms with Gasteiger partial charge in [-0.1, -0.05) is 43.3 Å². The number of aryl methyl sites for hydroxylation is 1. The SMILES string of the molecule is CC1C=C(Oc2ccnc3cc(-c4nccn4C)sc23)C=CC1NC(=S)NC(=O)Cc1ccccc1. The average Bonchev–Trinajstić information content (AvgIpc) is 3.48. The number of hydrogen-bond acceptors (Lipinski definition) is 6. The predicted octanol–water partition coefficient (Wildman–Crippen LogP) is 4.77. The largest absolute Gasteiger partial charge is 0.456 e. The fourth-order valence-corrected chi connectivity index (χ4v) is 5.37. The van der Waals surface area contributed by atoms with E-state index in [1.54, 1.807) is 23.7 Å². The highest BCUT2D eigenvalue weighted by atomic mass is 32.1. The minimum absolute atomic E-state index is 0.0592. The summed E-state index contributed by atoms with van der Waals surface area (Å²) < 4.78 is 9.23. The summed E-state index contributed by atoms with van der Waals surface area (Å²) in [5, 5.41) is 6.30. The molecule has 36 heavy (non-hydrogen) atoms. The number of thiocarbonyl (C=S) groups is 1. The lowest BCUT2D eigenvalue weighted by atomic mass is 9.96. The molecule has 0 bridgehead atoms. The van der Waals surface area contributed by atoms with Crippen LogP contribution in [0.15, 0.2) is 85.0 Å². The van der Waals surface area contributed by atoms with Gasteiger partial charge in [-0.25, -0.2) is 4.98 Å². The molecule has 7 nitrogen and oxygen atoms in total. The maximum Gasteiger partial charge on any atom is 0.230 e. The molecular formula is C27H25N5O2S2. The van der Waals surface area contributed by atoms with Crippen LogP contribution in [0, 0.1) is 5.92 Å². The molecule has 3 aromatic heterocycles. The van der Waals surface area contributed by atoms with Crippen LogP contribution in [0.2, 0.25) is 0 Å². The van der Waals surface area contributed by atoms with Gasteiger partial charge in [0.2, 0.25) is 5.91 Å². The first-order chi connectivity index (χ1) is 17.5. The summed E-state index contributed by atoms with van der Waals surface area (Å²) in [6.07, 6.45) is 11.7. The van der Waals surface area contributed by atoms with Gasteiger partial charge in [0.1, 0.15) is 17.3 Å². The second-order valence-electron chi connectivity index (χ2n) is 8.59. The number of thiophene rings is 1. The van der Waals surface area contributed by atoms with Crippen LogP contribution in [0.4, 0.5) is 0 Å². The number of carbonyl (C=O) groups is 1. The first-order valence-corrected chi connectivity index (χ1v) is 12.8. The number of aromatic nitrogens is 3. The van der Waals surface area contributed by atoms with E-state index >= 15 is 0 Å². The Balaban J connectivity index is 1.22. The van der Waals surface area contributed by atoms with Crippen molar-refractivity contribution in [3.05, 3.63) is 90.6 Å². The maximum atomic E-state index is 12.3. The predicted molar refractivity (Wildman–Crippen MR) is 147 cm³/mol. The number of benzene rings is 1. The monoisotopic (exact) mass is 515 g/mol. The summed E-state index contributed by atoms with van der Waals surface area (Å²) in [6, 6.07) is 13.4. The number of allylic oxidation sites excluding steroid dienone is 1. The van der Waals surface area contributed by atoms with Crippen molar-refractivity contribution >= 4 is 44.8 Å². The van der Waals surface area contributed by atoms with Crippen LogP contribution in [0.1, 0.15) is 12.5 Å². The van der Waals surface area contributed by atoms with E-state index in [0.29, 0.717) is 5.11 Å². The van der Waals surface area contributed by atoms with Gasteiger partial charge in [0.25, 0.3) is 0 Å². The Morgan fingerprint density at radius 1 is 1.19 bits per heavy atom. The second-order valence-corrected chi connectivity index (χ2v) is 10.1. The number of carbonyl (C=O) groups excluding carboxylic acids is 1. The number of ether oxygens (including phenoxy) is 1. The molecule has 2 atom stereocenters. The van der Waals surface area contributed by atoms with Crippen LogP contribution in [-0.2, 0) is 18.3 Å². The molecule has 1 aromatic carbocycles. The Hall–Kier alpha value is -3.82. The molecule has 4 aromatic rings. The number of nitrogens with zero attached hydrogens (tertiary/aromatic N) is 3. The van der Waals surface area contributed by atoms with Crippen LogP contribution in [0.3, 0.4) is 0 Å². The lowest BCUT2D eigenvalue weighted by molar-refractivity contribution is -0.119. The lowest BCUT2D eigenvalue weighted by Crippen LogP contribution is -2.46. The number of rotatable bonds is 6. The van der Waals surface area contributed by atoms with E-state index in [9.17, 15) is 4.79 Å². The topological polar surface area (TPSA) is 81.1 Å². The van der Waals surface area contributed by atoms with Crippen molar-refractivity contribution < 1.29 is 9.53 Å². The Kier molecular flexibility index (Phi) is 6.92. The maximum absolute atomic E-state index is 12.3. The zero-order valence-electron chi connectivity index (χ0n) is 19.8. The summed E-state index contributed by atoms with van der Waals surface area (Å²) in [6.45, 7) is 2.07. The summed E-state index contributed by atoms with van der Waals surface area (Å²) in [5.41, 5.74) is 1.82. The number of amides is 1. The number of imidazole rings is 1. The van der Waals surface area contributed by atoms with E-state index in [1.807, 2.05) is 78.5 Å². The highest BCUT2D eigenvalue weighted by molar-refractivity contribution is 7.80. The Labute approximate surface area is 218 Å². The molecule has 0 radical (unpaired) electrons. The summed E-state index contributed by atoms with van der Waals surface area (Å²) >= 11 is 6.98. The number of nitrogens with one attached hydrogen (secondary N) is 2. The van der Waals surface area contributed by atoms with Crippen LogP contribution in [-0.4, -0.2) is 31.6 Å². The molecule has 0 saturated carbocycles. The van der Waals surface area contributed by atoms with Gasteiger partial charge in [0.15, 0.2) is 5.11 Å². The van der Waals surface area contributed by atoms with Crippen LogP contribution < -0.4 is 15.4 Å². The smallest absolute Gasteiger partial charge is 0.230 e. The van der Waals surface area contributed by atoms with Gasteiger partial charge in [0.05, 0.1) is 27.6 Å². The standard InChI is InChI=1S/C27H25N5O2S2/c1-17-14-19(8-9-20(17)30-27(35)31-24(33)15-18-6-4-3-5-7-18)34-22-10-11-28-21-16-23(36-25(21)22)26-29-12-13-32(26)2/h3-14,16-17,20H,15H2,1-2H3,(H2,30,31,33,35). The molecule has 0 fully saturated rings. The van der Waals surface area contributed by atoms with E-state index in [0.717, 1.165) is 38.0 Å². The fraction of sp³-hybridized carbons (Fsp3) is 0.185. The molecule has 5 rings (SSSR count). The van der Waals surface area contributed by atoms with E-state index in [-0.39, 0.29) is 24.3 Å². The van der Waals surface area contributed by atoms with Crippen molar-refractivity contribution in [3.8, 4) is 16.5 Å². The van der Waals surface area contributed by atoms with Gasteiger partial charge in [-0.05, 0) is 36.0 Å². The van der Waals surface area contributed by atoms with Crippen LogP contribution in [0.25, 0.3) is 20.9 Å². The molecular weight excluding hydrogens is 490 g/mol. The fourth-order valence-electron chi connectivity index (χ4n) is 4.01. The molecule has 1 aliphatic carbocycles. The number of pyridine rings is 1. The highest BCUT2D eigenvalue weighted by Crippen LogP contribution is 2.37. The molecule has 2 N–H and O–H groups in total. The third-order valence-electron chi connectivity index (χ3n) is 5.86. The zero-order valence-corrected chi connectivity index (χ0v) is 21.5. The van der Waals surface area contributed by atoms with Crippen molar-refractivity contribution in [3.63, 3.8) is 0 Å². The summed E-state index contributed by atoms with van der Waals surface area (Å²) in [5.74, 6) is 2.35. The van der Waals surface area contributed by atoms with Crippen molar-refractivity contribution in [2.75, 3.05) is 0 Å². The van der Waals surface area contributed by atoms with Crippen molar-refractivity contribution in [1.82, 2.24) is 25.2 Å². The van der Waals surface area contributed by atoms with Crippen molar-refractivity contribution in [1.29, 1.82) is 0 Å². The third-order valence-corrected chi connectivity index (χ3v) is 7.22. The summed E-state index contributed by atoms with van der Waals surface area (Å²) in [7, 11) is 1.97. The van der Waals surface area contributed by atoms with E-state index in [4.69, 9.17) is 17.0 Å². The first kappa shape index (κ1) is 23.9. The van der Waals surface area contributed by atoms with E-state index in [2.05, 4.69) is 27.5 Å². The zero-order chi connectivity index (χ0) is 25.1. The Morgan fingerprint density at radius 3 is 2.78 bits per heavy atom. The molecule has 1 aliphatic rings. The lowest BCUT2D eigenvalue weighted by Gasteiger charge is -2.25. The first-order valence-electron chi connectivity index (χ1n) is 11.5. The summed E-state index contributed by atoms with van der Waals surface area (Å²) in [4.78, 5) is 22.3. The molecule has 0 aliphatic heterocycles. The minimum atomic E-state index is -0.145. The van der Waals surface area contributed by atoms with Gasteiger partial charge in [-0.15, -0.1) is 11.3 Å². The minimum Gasteiger partial charge on any atom is -0.456 e. The van der Waals surface area contributed by atoms with Crippen LogP contribution >= 0.6 is 23.6 Å². The normalized spacial score (nSPS) is 17.0. The molecule has 0 saturated heterocycles. The van der Waals surface area contributed by atoms with Gasteiger partial charge in [0, 0.05) is 37.6 Å². The highest BCUT2D eigenvalue weighted by Gasteiger charge is 2.20. The van der Waals surface area contributed by atoms with Crippen molar-refractivity contribution in [2.24, 2.45) is 13.0 Å². The van der Waals surface area contributed by atoms with Gasteiger partial charge >= 0.3 is 0 Å². The number of hydrogen-bond donors (Lipinski definition) is 2. The van der Waals surface area contributed by atoms with Crippen LogP contribution in [0.5, 0.6) is 5.75 Å². The van der Waals surface area contributed by atoms with E-state index in [1.165, 1.54) is 0 Å². The molecule has 182 valence electrons. The molecule has 9 heteroatoms. The molecule has 1 amide bonds. The van der Waals surface area contributed by atoms with Gasteiger partial charge in [-0.3, -0.25) is 9.78 Å². The number of fused-ring (bicyclic) bond motifs is 1. The molecule has 2 unspecified atom stereocenters. The second kappa shape index (κ2) is 10.4. The Bertz CT molecular complexity index is 1470. The molecule has 3 heterocycles. The van der Waals surface area contributed by atoms with Crippen molar-refractivity contribution in [2.45, 2.75) is 19.4 Å². The van der Waals surface area contributed by atoms with Gasteiger partial charge < -0.3 is 19.9 Å². The van der Waals surface area contributed by atoms with E-state index < -0.39 is 0 Å².